The average molecular weight is 524 g/mol. The van der Waals surface area contributed by atoms with Crippen molar-refractivity contribution < 1.29 is 0 Å². The molecule has 8 rings (SSSR count). The number of hydrogen-bond donors (Lipinski definition) is 0. The Morgan fingerprint density at radius 1 is 0.390 bits per heavy atom. The van der Waals surface area contributed by atoms with Gasteiger partial charge in [0, 0.05) is 29.5 Å². The van der Waals surface area contributed by atoms with Crippen molar-refractivity contribution in [2.75, 3.05) is 4.90 Å². The topological polar surface area (TPSA) is 29.0 Å². The van der Waals surface area contributed by atoms with Crippen LogP contribution in [0, 0.1) is 0 Å². The summed E-state index contributed by atoms with van der Waals surface area (Å²) in [6, 6.07) is 49.4. The first-order chi connectivity index (χ1) is 20.3. The van der Waals surface area contributed by atoms with Crippen LogP contribution in [-0.2, 0) is 0 Å². The Morgan fingerprint density at radius 2 is 1.05 bits per heavy atom. The molecular formula is C38H25N3. The zero-order valence-electron chi connectivity index (χ0n) is 22.3. The Labute approximate surface area is 239 Å². The molecule has 0 spiro atoms. The summed E-state index contributed by atoms with van der Waals surface area (Å²) >= 11 is 0. The van der Waals surface area contributed by atoms with Gasteiger partial charge >= 0.3 is 0 Å². The van der Waals surface area contributed by atoms with E-state index >= 15 is 0 Å². The lowest BCUT2D eigenvalue weighted by molar-refractivity contribution is 1.22. The molecule has 0 saturated carbocycles. The molecule has 2 aromatic heterocycles. The minimum atomic E-state index is 0.842. The zero-order valence-corrected chi connectivity index (χ0v) is 22.3. The number of aromatic nitrogens is 2. The van der Waals surface area contributed by atoms with Gasteiger partial charge in [-0.05, 0) is 92.7 Å². The first kappa shape index (κ1) is 23.4. The Morgan fingerprint density at radius 3 is 1.83 bits per heavy atom. The lowest BCUT2D eigenvalue weighted by Crippen LogP contribution is -2.10. The highest BCUT2D eigenvalue weighted by Crippen LogP contribution is 2.49. The molecule has 0 aliphatic heterocycles. The maximum atomic E-state index is 4.61. The van der Waals surface area contributed by atoms with Crippen molar-refractivity contribution in [3.05, 3.63) is 152 Å². The Hall–Kier alpha value is -5.54. The Bertz CT molecular complexity index is 2000. The molecule has 0 saturated heterocycles. The van der Waals surface area contributed by atoms with E-state index in [0.29, 0.717) is 0 Å². The van der Waals surface area contributed by atoms with Crippen LogP contribution in [0.3, 0.4) is 0 Å². The van der Waals surface area contributed by atoms with Crippen LogP contribution in [0.15, 0.2) is 152 Å². The molecule has 0 radical (unpaired) electrons. The summed E-state index contributed by atoms with van der Waals surface area (Å²) in [5.41, 5.74) is 12.6. The van der Waals surface area contributed by atoms with Crippen LogP contribution in [0.5, 0.6) is 0 Å². The van der Waals surface area contributed by atoms with Crippen LogP contribution < -0.4 is 4.90 Å². The van der Waals surface area contributed by atoms with E-state index in [1.807, 2.05) is 36.5 Å². The van der Waals surface area contributed by atoms with Crippen LogP contribution >= 0.6 is 0 Å². The van der Waals surface area contributed by atoms with Crippen molar-refractivity contribution in [2.24, 2.45) is 0 Å². The fraction of sp³-hybridized carbons (Fsp3) is 0. The van der Waals surface area contributed by atoms with Gasteiger partial charge in [-0.1, -0.05) is 91.0 Å². The van der Waals surface area contributed by atoms with Gasteiger partial charge in [-0.3, -0.25) is 9.97 Å². The van der Waals surface area contributed by atoms with E-state index in [1.54, 1.807) is 6.20 Å². The number of benzene rings is 5. The van der Waals surface area contributed by atoms with Crippen molar-refractivity contribution in [3.8, 4) is 44.8 Å². The van der Waals surface area contributed by atoms with E-state index < -0.39 is 0 Å². The fourth-order valence-electron chi connectivity index (χ4n) is 6.09. The van der Waals surface area contributed by atoms with E-state index in [9.17, 15) is 0 Å². The molecule has 3 heteroatoms. The summed E-state index contributed by atoms with van der Waals surface area (Å²) in [5.74, 6) is 0. The standard InChI is InChI=1S/C38H25N3/c1-2-9-27(10-3-1)41(29-22-24-40-37(25-29)36-15-6-7-23-39-36)28-18-16-26(17-19-28)30-20-21-35-32-12-5-4-11-31(32)34-14-8-13-33(30)38(34)35/h1-25H. The number of rotatable bonds is 5. The predicted molar refractivity (Wildman–Crippen MR) is 170 cm³/mol. The van der Waals surface area contributed by atoms with Gasteiger partial charge in [0.2, 0.25) is 0 Å². The third-order valence-corrected chi connectivity index (χ3v) is 7.93. The number of hydrogen-bond acceptors (Lipinski definition) is 3. The molecule has 192 valence electrons. The maximum Gasteiger partial charge on any atom is 0.0906 e. The molecule has 1 aliphatic carbocycles. The van der Waals surface area contributed by atoms with Gasteiger partial charge in [-0.15, -0.1) is 0 Å². The van der Waals surface area contributed by atoms with Crippen LogP contribution in [0.2, 0.25) is 0 Å². The molecule has 7 aromatic rings. The number of nitrogens with zero attached hydrogens (tertiary/aromatic N) is 3. The van der Waals surface area contributed by atoms with Crippen LogP contribution in [0.1, 0.15) is 0 Å². The summed E-state index contributed by atoms with van der Waals surface area (Å²) in [6.45, 7) is 0. The van der Waals surface area contributed by atoms with Crippen LogP contribution in [-0.4, -0.2) is 9.97 Å². The highest BCUT2D eigenvalue weighted by atomic mass is 15.1. The number of anilines is 3. The second-order valence-electron chi connectivity index (χ2n) is 10.3. The van der Waals surface area contributed by atoms with Crippen molar-refractivity contribution in [1.82, 2.24) is 9.97 Å². The smallest absolute Gasteiger partial charge is 0.0906 e. The van der Waals surface area contributed by atoms with Crippen molar-refractivity contribution >= 4 is 27.8 Å². The van der Waals surface area contributed by atoms with E-state index in [0.717, 1.165) is 28.5 Å². The van der Waals surface area contributed by atoms with Crippen LogP contribution in [0.4, 0.5) is 17.1 Å². The van der Waals surface area contributed by atoms with Gasteiger partial charge in [-0.2, -0.15) is 0 Å². The Kier molecular flexibility index (Phi) is 5.46. The average Bonchev–Trinajstić information content (AvgIpc) is 3.38. The van der Waals surface area contributed by atoms with Gasteiger partial charge in [0.05, 0.1) is 11.4 Å². The van der Waals surface area contributed by atoms with Gasteiger partial charge in [0.1, 0.15) is 0 Å². The third kappa shape index (κ3) is 3.90. The summed E-state index contributed by atoms with van der Waals surface area (Å²) < 4.78 is 0. The molecular weight excluding hydrogens is 498 g/mol. The summed E-state index contributed by atoms with van der Waals surface area (Å²) in [5, 5.41) is 2.64. The molecule has 5 aromatic carbocycles. The molecule has 2 heterocycles. The first-order valence-electron chi connectivity index (χ1n) is 13.8. The molecule has 0 unspecified atom stereocenters. The van der Waals surface area contributed by atoms with Crippen molar-refractivity contribution in [1.29, 1.82) is 0 Å². The predicted octanol–water partition coefficient (Wildman–Crippen LogP) is 10.1. The van der Waals surface area contributed by atoms with Gasteiger partial charge in [0.25, 0.3) is 0 Å². The van der Waals surface area contributed by atoms with Gasteiger partial charge < -0.3 is 4.90 Å². The Balaban J connectivity index is 1.22. The van der Waals surface area contributed by atoms with Gasteiger partial charge in [-0.25, -0.2) is 0 Å². The second kappa shape index (κ2) is 9.58. The highest BCUT2D eigenvalue weighted by Gasteiger charge is 2.22. The quantitative estimate of drug-likeness (QED) is 0.225. The molecule has 0 N–H and O–H groups in total. The number of fused-ring (bicyclic) bond motifs is 3. The minimum absolute atomic E-state index is 0.842. The lowest BCUT2D eigenvalue weighted by Gasteiger charge is -2.26. The molecule has 1 aliphatic rings. The fourth-order valence-corrected chi connectivity index (χ4v) is 6.09. The van der Waals surface area contributed by atoms with E-state index in [2.05, 4.69) is 124 Å². The zero-order chi connectivity index (χ0) is 27.2. The monoisotopic (exact) mass is 523 g/mol. The summed E-state index contributed by atoms with van der Waals surface area (Å²) in [6.07, 6.45) is 3.66. The normalized spacial score (nSPS) is 11.4. The molecule has 41 heavy (non-hydrogen) atoms. The first-order valence-corrected chi connectivity index (χ1v) is 13.8. The highest BCUT2D eigenvalue weighted by molar-refractivity contribution is 6.18. The van der Waals surface area contributed by atoms with E-state index in [1.165, 1.54) is 44.2 Å². The second-order valence-corrected chi connectivity index (χ2v) is 10.3. The maximum absolute atomic E-state index is 4.61. The number of pyridine rings is 2. The molecule has 0 atom stereocenters. The third-order valence-electron chi connectivity index (χ3n) is 7.93. The van der Waals surface area contributed by atoms with E-state index in [-0.39, 0.29) is 0 Å². The van der Waals surface area contributed by atoms with Crippen molar-refractivity contribution in [2.45, 2.75) is 0 Å². The molecule has 0 fully saturated rings. The molecule has 3 nitrogen and oxygen atoms in total. The largest absolute Gasteiger partial charge is 0.310 e. The van der Waals surface area contributed by atoms with Gasteiger partial charge in [0.15, 0.2) is 0 Å². The SMILES string of the molecule is c1ccc(N(c2ccc(-c3ccc4c5c(cccc35)-c3ccccc3-4)cc2)c2ccnc(-c3ccccn3)c2)cc1. The number of para-hydroxylation sites is 1. The van der Waals surface area contributed by atoms with Crippen molar-refractivity contribution in [3.63, 3.8) is 0 Å². The summed E-state index contributed by atoms with van der Waals surface area (Å²) in [7, 11) is 0. The minimum Gasteiger partial charge on any atom is -0.310 e. The lowest BCUT2D eigenvalue weighted by atomic mass is 9.94. The molecule has 0 amide bonds. The van der Waals surface area contributed by atoms with E-state index in [4.69, 9.17) is 0 Å². The summed E-state index contributed by atoms with van der Waals surface area (Å²) in [4.78, 5) is 11.4. The van der Waals surface area contributed by atoms with Crippen LogP contribution in [0.25, 0.3) is 55.5 Å². The molecule has 0 bridgehead atoms.